The summed E-state index contributed by atoms with van der Waals surface area (Å²) in [7, 11) is 0. The third-order valence-electron chi connectivity index (χ3n) is 2.18. The molecule has 0 aliphatic carbocycles. The first-order valence-electron chi connectivity index (χ1n) is 6.87. The summed E-state index contributed by atoms with van der Waals surface area (Å²) in [4.78, 5) is 0. The second-order valence-electron chi connectivity index (χ2n) is 5.34. The molecule has 0 amide bonds. The average molecular weight is 256 g/mol. The Kier molecular flexibility index (Phi) is 10.8. The van der Waals surface area contributed by atoms with Gasteiger partial charge in [0.15, 0.2) is 0 Å². The summed E-state index contributed by atoms with van der Waals surface area (Å²) in [6.07, 6.45) is 3.21. The predicted octanol–water partition coefficient (Wildman–Crippen LogP) is 5.45. The quantitative estimate of drug-likeness (QED) is 0.588. The second-order valence-corrected chi connectivity index (χ2v) is 5.34. The zero-order chi connectivity index (χ0) is 14.8. The average Bonchev–Trinajstić information content (AvgIpc) is 2.27. The lowest BCUT2D eigenvalue weighted by Gasteiger charge is -2.21. The van der Waals surface area contributed by atoms with E-state index >= 15 is 0 Å². The maximum Gasteiger partial charge on any atom is 0.100 e. The molecule has 0 saturated heterocycles. The van der Waals surface area contributed by atoms with Crippen LogP contribution in [-0.4, -0.2) is 11.7 Å². The van der Waals surface area contributed by atoms with Crippen LogP contribution in [0.5, 0.6) is 0 Å². The van der Waals surface area contributed by atoms with Crippen LogP contribution in [0.1, 0.15) is 67.7 Å². The van der Waals surface area contributed by atoms with Crippen LogP contribution in [0.25, 0.3) is 0 Å². The molecule has 2 heteroatoms. The lowest BCUT2D eigenvalue weighted by atomic mass is 10.2. The molecule has 0 heterocycles. The molecule has 2 nitrogen and oxygen atoms in total. The van der Waals surface area contributed by atoms with Crippen molar-refractivity contribution < 1.29 is 9.47 Å². The standard InChI is InChI=1S/2C8H16O/c1-6-7(2)9-8(3,4)5;1-5-7(3)9-8(4)6-2/h2,6H2,1,3-5H3;8H,3,5-6H2,1-2,4H3. The van der Waals surface area contributed by atoms with Crippen LogP contribution >= 0.6 is 0 Å². The summed E-state index contributed by atoms with van der Waals surface area (Å²) in [6.45, 7) is 21.8. The molecular weight excluding hydrogens is 224 g/mol. The third-order valence-corrected chi connectivity index (χ3v) is 2.18. The van der Waals surface area contributed by atoms with Gasteiger partial charge >= 0.3 is 0 Å². The molecule has 0 spiro atoms. The first kappa shape index (κ1) is 19.4. The van der Waals surface area contributed by atoms with Crippen LogP contribution < -0.4 is 0 Å². The van der Waals surface area contributed by atoms with Gasteiger partial charge in [-0.05, 0) is 34.1 Å². The van der Waals surface area contributed by atoms with Gasteiger partial charge < -0.3 is 9.47 Å². The smallest absolute Gasteiger partial charge is 0.100 e. The van der Waals surface area contributed by atoms with Crippen molar-refractivity contribution in [2.45, 2.75) is 79.4 Å². The highest BCUT2D eigenvalue weighted by atomic mass is 16.5. The van der Waals surface area contributed by atoms with E-state index in [-0.39, 0.29) is 5.60 Å². The number of rotatable bonds is 6. The van der Waals surface area contributed by atoms with Gasteiger partial charge in [-0.25, -0.2) is 0 Å². The minimum Gasteiger partial charge on any atom is -0.496 e. The van der Waals surface area contributed by atoms with Gasteiger partial charge in [0.05, 0.1) is 17.6 Å². The molecule has 0 N–H and O–H groups in total. The Balaban J connectivity index is 0. The number of hydrogen-bond acceptors (Lipinski definition) is 2. The monoisotopic (exact) mass is 256 g/mol. The van der Waals surface area contributed by atoms with Gasteiger partial charge in [0, 0.05) is 12.8 Å². The van der Waals surface area contributed by atoms with E-state index in [9.17, 15) is 0 Å². The first-order valence-corrected chi connectivity index (χ1v) is 6.87. The Morgan fingerprint density at radius 1 is 1.00 bits per heavy atom. The van der Waals surface area contributed by atoms with Crippen molar-refractivity contribution in [3.8, 4) is 0 Å². The van der Waals surface area contributed by atoms with Crippen molar-refractivity contribution in [2.24, 2.45) is 0 Å². The van der Waals surface area contributed by atoms with Crippen LogP contribution in [0.15, 0.2) is 24.7 Å². The molecule has 18 heavy (non-hydrogen) atoms. The minimum atomic E-state index is -0.0763. The van der Waals surface area contributed by atoms with Crippen molar-refractivity contribution in [1.29, 1.82) is 0 Å². The van der Waals surface area contributed by atoms with Crippen molar-refractivity contribution in [3.05, 3.63) is 24.7 Å². The molecule has 0 aliphatic rings. The van der Waals surface area contributed by atoms with E-state index in [0.29, 0.717) is 6.10 Å². The molecule has 1 unspecified atom stereocenters. The van der Waals surface area contributed by atoms with E-state index in [0.717, 1.165) is 30.8 Å². The Hall–Kier alpha value is -0.920. The fourth-order valence-corrected chi connectivity index (χ4v) is 0.956. The van der Waals surface area contributed by atoms with Gasteiger partial charge in [0.2, 0.25) is 0 Å². The van der Waals surface area contributed by atoms with Crippen molar-refractivity contribution in [1.82, 2.24) is 0 Å². The van der Waals surface area contributed by atoms with Crippen molar-refractivity contribution >= 4 is 0 Å². The molecule has 108 valence electrons. The third kappa shape index (κ3) is 15.1. The molecule has 0 bridgehead atoms. The van der Waals surface area contributed by atoms with E-state index in [4.69, 9.17) is 9.47 Å². The summed E-state index contributed by atoms with van der Waals surface area (Å²) in [5, 5.41) is 0. The molecular formula is C16H32O2. The van der Waals surface area contributed by atoms with E-state index in [2.05, 4.69) is 27.0 Å². The number of ether oxygens (including phenoxy) is 2. The highest BCUT2D eigenvalue weighted by molar-refractivity contribution is 4.83. The molecule has 0 rings (SSSR count). The van der Waals surface area contributed by atoms with Crippen LogP contribution in [0.2, 0.25) is 0 Å². The van der Waals surface area contributed by atoms with Gasteiger partial charge in [0.1, 0.15) is 5.60 Å². The highest BCUT2D eigenvalue weighted by Gasteiger charge is 2.10. The maximum atomic E-state index is 5.39. The second kappa shape index (κ2) is 10.0. The molecule has 1 atom stereocenters. The fourth-order valence-electron chi connectivity index (χ4n) is 0.956. The molecule has 0 aromatic rings. The Morgan fingerprint density at radius 3 is 1.67 bits per heavy atom. The van der Waals surface area contributed by atoms with Crippen LogP contribution in [0, 0.1) is 0 Å². The van der Waals surface area contributed by atoms with Gasteiger partial charge in [-0.15, -0.1) is 0 Å². The molecule has 0 aliphatic heterocycles. The highest BCUT2D eigenvalue weighted by Crippen LogP contribution is 2.13. The normalized spacial score (nSPS) is 11.9. The number of hydrogen-bond donors (Lipinski definition) is 0. The summed E-state index contributed by atoms with van der Waals surface area (Å²) >= 11 is 0. The number of allylic oxidation sites excluding steroid dienone is 2. The Morgan fingerprint density at radius 2 is 1.44 bits per heavy atom. The molecule has 0 aromatic heterocycles. The molecule has 0 aromatic carbocycles. The lowest BCUT2D eigenvalue weighted by Crippen LogP contribution is -2.17. The summed E-state index contributed by atoms with van der Waals surface area (Å²) in [6, 6.07) is 0. The first-order chi connectivity index (χ1) is 8.16. The SMILES string of the molecule is C=C(CC)OC(C)(C)C.C=C(CC)OC(C)CC. The summed E-state index contributed by atoms with van der Waals surface area (Å²) < 4.78 is 10.7. The van der Waals surface area contributed by atoms with Gasteiger partial charge in [-0.3, -0.25) is 0 Å². The fraction of sp³-hybridized carbons (Fsp3) is 0.750. The zero-order valence-corrected chi connectivity index (χ0v) is 13.4. The van der Waals surface area contributed by atoms with Gasteiger partial charge in [-0.2, -0.15) is 0 Å². The molecule has 0 radical (unpaired) electrons. The summed E-state index contributed by atoms with van der Waals surface area (Å²) in [5.74, 6) is 1.76. The van der Waals surface area contributed by atoms with E-state index in [1.807, 2.05) is 34.6 Å². The van der Waals surface area contributed by atoms with Crippen LogP contribution in [0.3, 0.4) is 0 Å². The lowest BCUT2D eigenvalue weighted by molar-refractivity contribution is 0.0491. The van der Waals surface area contributed by atoms with Gasteiger partial charge in [-0.1, -0.05) is 33.9 Å². The van der Waals surface area contributed by atoms with Crippen molar-refractivity contribution in [2.75, 3.05) is 0 Å². The topological polar surface area (TPSA) is 18.5 Å². The molecule has 0 saturated carbocycles. The van der Waals surface area contributed by atoms with Crippen molar-refractivity contribution in [3.63, 3.8) is 0 Å². The Labute approximate surface area is 114 Å². The van der Waals surface area contributed by atoms with Gasteiger partial charge in [0.25, 0.3) is 0 Å². The molecule has 0 fully saturated rings. The maximum absolute atomic E-state index is 5.39. The summed E-state index contributed by atoms with van der Waals surface area (Å²) in [5.41, 5.74) is -0.0763. The predicted molar refractivity (Wildman–Crippen MR) is 80.5 cm³/mol. The van der Waals surface area contributed by atoms with Crippen LogP contribution in [0.4, 0.5) is 0 Å². The largest absolute Gasteiger partial charge is 0.496 e. The van der Waals surface area contributed by atoms with E-state index < -0.39 is 0 Å². The minimum absolute atomic E-state index is 0.0763. The Bertz CT molecular complexity index is 236. The van der Waals surface area contributed by atoms with Crippen LogP contribution in [-0.2, 0) is 9.47 Å². The zero-order valence-electron chi connectivity index (χ0n) is 13.4. The van der Waals surface area contributed by atoms with E-state index in [1.54, 1.807) is 0 Å². The van der Waals surface area contributed by atoms with E-state index in [1.165, 1.54) is 0 Å².